The second-order valence-corrected chi connectivity index (χ2v) is 14.5. The molecule has 0 aromatic rings. The molecular weight excluding hydrogens is 486 g/mol. The summed E-state index contributed by atoms with van der Waals surface area (Å²) in [4.78, 5) is 13.4. The van der Waals surface area contributed by atoms with Gasteiger partial charge in [-0.1, -0.05) is 69.8 Å². The van der Waals surface area contributed by atoms with Crippen molar-refractivity contribution < 1.29 is 9.90 Å². The topological polar surface area (TPSA) is 49.3 Å². The minimum atomic E-state index is -0.314. The molecule has 0 spiro atoms. The molecule has 4 aliphatic rings. The summed E-state index contributed by atoms with van der Waals surface area (Å²) in [6.45, 7) is 13.1. The van der Waals surface area contributed by atoms with Gasteiger partial charge in [-0.05, 0) is 104 Å². The molecule has 4 fully saturated rings. The number of carbonyl (C=O) groups is 1. The number of carbonyl (C=O) groups excluding carboxylic acids is 1. The highest BCUT2D eigenvalue weighted by Gasteiger charge is 2.63. The van der Waals surface area contributed by atoms with E-state index >= 15 is 0 Å². The Bertz CT molecular complexity index is 712. The lowest BCUT2D eigenvalue weighted by Crippen LogP contribution is -2.60. The highest BCUT2D eigenvalue weighted by Crippen LogP contribution is 2.69. The monoisotopic (exact) mass is 537 g/mol. The number of amides is 1. The van der Waals surface area contributed by atoms with Crippen LogP contribution in [0.5, 0.6) is 0 Å². The van der Waals surface area contributed by atoms with Crippen LogP contribution in [0.2, 0.25) is 0 Å². The third-order valence-electron chi connectivity index (χ3n) is 11.7. The molecule has 4 rings (SSSR count). The predicted molar refractivity (Wildman–Crippen MR) is 145 cm³/mol. The van der Waals surface area contributed by atoms with E-state index in [4.69, 9.17) is 0 Å². The van der Waals surface area contributed by atoms with Crippen LogP contribution in [0, 0.1) is 58.2 Å². The zero-order valence-electron chi connectivity index (χ0n) is 22.6. The summed E-state index contributed by atoms with van der Waals surface area (Å²) in [6, 6.07) is 0. The quantitative estimate of drug-likeness (QED) is 0.321. The molecule has 1 unspecified atom stereocenters. The molecule has 2 N–H and O–H groups in total. The summed E-state index contributed by atoms with van der Waals surface area (Å²) in [7, 11) is 0. The molecule has 1 amide bonds. The Labute approximate surface area is 218 Å². The van der Waals surface area contributed by atoms with E-state index < -0.39 is 0 Å². The normalized spacial score (nSPS) is 44.8. The molecule has 0 saturated heterocycles. The zero-order chi connectivity index (χ0) is 24.7. The second kappa shape index (κ2) is 10.7. The van der Waals surface area contributed by atoms with Gasteiger partial charge in [0.2, 0.25) is 5.91 Å². The minimum Gasteiger partial charge on any atom is -0.393 e. The summed E-state index contributed by atoms with van der Waals surface area (Å²) in [5.41, 5.74) is 0.532. The van der Waals surface area contributed by atoms with Gasteiger partial charge >= 0.3 is 0 Å². The van der Waals surface area contributed by atoms with Gasteiger partial charge in [0, 0.05) is 17.8 Å². The Hall–Kier alpha value is -0.0900. The Morgan fingerprint density at radius 3 is 2.50 bits per heavy atom. The first-order valence-corrected chi connectivity index (χ1v) is 15.8. The molecule has 4 aliphatic carbocycles. The van der Waals surface area contributed by atoms with Crippen LogP contribution in [0.4, 0.5) is 0 Å². The molecule has 4 saturated carbocycles. The maximum Gasteiger partial charge on any atom is 0.223 e. The molecule has 0 bridgehead atoms. The van der Waals surface area contributed by atoms with Crippen LogP contribution < -0.4 is 5.32 Å². The Morgan fingerprint density at radius 1 is 1.03 bits per heavy atom. The van der Waals surface area contributed by atoms with Gasteiger partial charge < -0.3 is 10.4 Å². The van der Waals surface area contributed by atoms with Crippen molar-refractivity contribution in [1.82, 2.24) is 5.32 Å². The Balaban J connectivity index is 1.53. The second-order valence-electron chi connectivity index (χ2n) is 13.7. The van der Waals surface area contributed by atoms with E-state index in [1.54, 1.807) is 0 Å². The number of hydrogen-bond donors (Lipinski definition) is 2. The third-order valence-corrected chi connectivity index (χ3v) is 12.1. The molecule has 0 heterocycles. The molecule has 0 radical (unpaired) electrons. The third kappa shape index (κ3) is 4.77. The van der Waals surface area contributed by atoms with Crippen molar-refractivity contribution in [2.24, 2.45) is 58.2 Å². The van der Waals surface area contributed by atoms with E-state index in [0.717, 1.165) is 41.3 Å². The maximum absolute atomic E-state index is 13.4. The van der Waals surface area contributed by atoms with Crippen LogP contribution in [-0.4, -0.2) is 29.0 Å². The van der Waals surface area contributed by atoms with Gasteiger partial charge in [0.15, 0.2) is 0 Å². The largest absolute Gasteiger partial charge is 0.393 e. The minimum absolute atomic E-state index is 0.0374. The summed E-state index contributed by atoms with van der Waals surface area (Å²) >= 11 is 3.46. The summed E-state index contributed by atoms with van der Waals surface area (Å²) < 4.78 is 0. The van der Waals surface area contributed by atoms with Crippen LogP contribution in [0.1, 0.15) is 105 Å². The molecule has 4 heteroatoms. The fourth-order valence-electron chi connectivity index (χ4n) is 10.0. The maximum atomic E-state index is 13.4. The van der Waals surface area contributed by atoms with Gasteiger partial charge in [0.1, 0.15) is 0 Å². The first-order chi connectivity index (χ1) is 16.1. The lowest BCUT2D eigenvalue weighted by atomic mass is 9.42. The zero-order valence-corrected chi connectivity index (χ0v) is 24.2. The van der Waals surface area contributed by atoms with Crippen LogP contribution >= 0.6 is 15.9 Å². The molecule has 0 aromatic heterocycles. The number of aliphatic hydroxyl groups is 1. The van der Waals surface area contributed by atoms with E-state index in [-0.39, 0.29) is 23.3 Å². The van der Waals surface area contributed by atoms with Crippen LogP contribution in [0.15, 0.2) is 0 Å². The molecule has 34 heavy (non-hydrogen) atoms. The van der Waals surface area contributed by atoms with Crippen LogP contribution in [0.25, 0.3) is 0 Å². The number of alkyl halides is 1. The van der Waals surface area contributed by atoms with Crippen molar-refractivity contribution in [3.8, 4) is 0 Å². The molecule has 10 atom stereocenters. The average molecular weight is 539 g/mol. The van der Waals surface area contributed by atoms with E-state index in [1.807, 2.05) is 0 Å². The van der Waals surface area contributed by atoms with Gasteiger partial charge in [0.05, 0.1) is 6.10 Å². The predicted octanol–water partition coefficient (Wildman–Crippen LogP) is 7.21. The lowest BCUT2D eigenvalue weighted by molar-refractivity contribution is -0.170. The van der Waals surface area contributed by atoms with Gasteiger partial charge in [0.25, 0.3) is 0 Å². The van der Waals surface area contributed by atoms with Crippen LogP contribution in [-0.2, 0) is 4.79 Å². The summed E-state index contributed by atoms with van der Waals surface area (Å²) in [6.07, 6.45) is 13.4. The van der Waals surface area contributed by atoms with Crippen molar-refractivity contribution in [2.75, 3.05) is 11.9 Å². The van der Waals surface area contributed by atoms with Crippen molar-refractivity contribution in [3.63, 3.8) is 0 Å². The highest BCUT2D eigenvalue weighted by atomic mass is 79.9. The Morgan fingerprint density at radius 2 is 1.79 bits per heavy atom. The van der Waals surface area contributed by atoms with Crippen molar-refractivity contribution in [2.45, 2.75) is 111 Å². The van der Waals surface area contributed by atoms with E-state index in [0.29, 0.717) is 30.2 Å². The summed E-state index contributed by atoms with van der Waals surface area (Å²) in [5.74, 6) is 5.44. The lowest BCUT2D eigenvalue weighted by Gasteiger charge is -2.63. The van der Waals surface area contributed by atoms with Gasteiger partial charge in [-0.25, -0.2) is 0 Å². The van der Waals surface area contributed by atoms with E-state index in [2.05, 4.69) is 55.9 Å². The molecule has 0 aliphatic heterocycles. The first-order valence-electron chi connectivity index (χ1n) is 14.6. The number of rotatable bonds is 8. The number of hydrogen-bond acceptors (Lipinski definition) is 2. The molecule has 0 aromatic carbocycles. The number of aliphatic hydroxyl groups excluding tert-OH is 1. The highest BCUT2D eigenvalue weighted by molar-refractivity contribution is 9.09. The number of halogens is 1. The Kier molecular flexibility index (Phi) is 8.50. The van der Waals surface area contributed by atoms with Crippen molar-refractivity contribution in [1.29, 1.82) is 0 Å². The van der Waals surface area contributed by atoms with Gasteiger partial charge in [-0.2, -0.15) is 0 Å². The van der Waals surface area contributed by atoms with Crippen molar-refractivity contribution >= 4 is 21.8 Å². The fourth-order valence-corrected chi connectivity index (χ4v) is 10.2. The average Bonchev–Trinajstić information content (AvgIpc) is 3.14. The molecule has 196 valence electrons. The number of fused-ring (bicyclic) bond motifs is 5. The summed E-state index contributed by atoms with van der Waals surface area (Å²) in [5, 5.41) is 14.7. The number of nitrogens with one attached hydrogen (secondary N) is 1. The van der Waals surface area contributed by atoms with Gasteiger partial charge in [-0.15, -0.1) is 0 Å². The van der Waals surface area contributed by atoms with Crippen LogP contribution in [0.3, 0.4) is 0 Å². The van der Waals surface area contributed by atoms with Gasteiger partial charge in [-0.3, -0.25) is 4.79 Å². The fraction of sp³-hybridized carbons (Fsp3) is 0.967. The molecule has 3 nitrogen and oxygen atoms in total. The SMILES string of the molecule is CC(C)CCC[C@@H](C)[C@H]1CC[C@H]2[C@H]3CC[C@@H]4C[C@H](O)CC(C(=O)NCCBr)[C@]4(C)[C@H]3CC[C@]12C. The standard InChI is InChI=1S/C30H52BrNO2/c1-19(2)7-6-8-20(3)24-11-12-25-23-10-9-21-17-22(33)18-27(28(34)32-16-15-31)30(21,5)26(23)13-14-29(24,25)4/h19-27,33H,6-18H2,1-5H3,(H,32,34)/t20-,21-,22+,23-,24-,25+,26+,27?,29-,30+/m1/s1. The molecular formula is C30H52BrNO2. The smallest absolute Gasteiger partial charge is 0.223 e. The van der Waals surface area contributed by atoms with Crippen molar-refractivity contribution in [3.05, 3.63) is 0 Å². The first kappa shape index (κ1) is 27.0. The van der Waals surface area contributed by atoms with E-state index in [1.165, 1.54) is 57.8 Å². The van der Waals surface area contributed by atoms with E-state index in [9.17, 15) is 9.90 Å².